The molecule has 0 bridgehead atoms. The van der Waals surface area contributed by atoms with Gasteiger partial charge in [0.2, 0.25) is 5.82 Å². The molecule has 1 atom stereocenters. The van der Waals surface area contributed by atoms with Crippen molar-refractivity contribution in [3.8, 4) is 0 Å². The highest BCUT2D eigenvalue weighted by atomic mass is 28.4. The van der Waals surface area contributed by atoms with Crippen molar-refractivity contribution in [3.63, 3.8) is 0 Å². The quantitative estimate of drug-likeness (QED) is 0.328. The van der Waals surface area contributed by atoms with Gasteiger partial charge in [0.25, 0.3) is 0 Å². The summed E-state index contributed by atoms with van der Waals surface area (Å²) in [5.41, 5.74) is -0.852. The van der Waals surface area contributed by atoms with E-state index in [1.807, 2.05) is 0 Å². The standard InChI is InChI=1S/C13H17F5O3Si/c1-7(6-22(19-2,20-3)21-4)5-8-9(14)11(16)13(18)12(17)10(8)15/h7H,5-6H2,1-4H3. The molecule has 0 saturated heterocycles. The average molecular weight is 344 g/mol. The van der Waals surface area contributed by atoms with Crippen LogP contribution in [0.5, 0.6) is 0 Å². The minimum absolute atomic E-state index is 0.163. The van der Waals surface area contributed by atoms with E-state index in [9.17, 15) is 22.0 Å². The van der Waals surface area contributed by atoms with Crippen LogP contribution in [0.15, 0.2) is 0 Å². The third-order valence-corrected chi connectivity index (χ3v) is 6.45. The molecule has 0 spiro atoms. The minimum atomic E-state index is -3.01. The maximum absolute atomic E-state index is 13.6. The molecule has 22 heavy (non-hydrogen) atoms. The molecule has 126 valence electrons. The van der Waals surface area contributed by atoms with E-state index in [1.165, 1.54) is 21.3 Å². The highest BCUT2D eigenvalue weighted by Crippen LogP contribution is 2.28. The summed E-state index contributed by atoms with van der Waals surface area (Å²) in [6.07, 6.45) is -0.364. The lowest BCUT2D eigenvalue weighted by Gasteiger charge is -2.27. The lowest BCUT2D eigenvalue weighted by Crippen LogP contribution is -2.44. The van der Waals surface area contributed by atoms with Crippen LogP contribution in [-0.4, -0.2) is 30.1 Å². The molecule has 1 aromatic rings. The Hall–Kier alpha value is -1.03. The van der Waals surface area contributed by atoms with Crippen molar-refractivity contribution in [3.05, 3.63) is 34.6 Å². The molecule has 0 aliphatic carbocycles. The highest BCUT2D eigenvalue weighted by Gasteiger charge is 2.40. The number of hydrogen-bond acceptors (Lipinski definition) is 3. The Bertz CT molecular complexity index is 500. The van der Waals surface area contributed by atoms with Gasteiger partial charge in [0.15, 0.2) is 23.3 Å². The Labute approximate surface area is 126 Å². The molecule has 1 unspecified atom stereocenters. The predicted octanol–water partition coefficient (Wildman–Crippen LogP) is 3.44. The summed E-state index contributed by atoms with van der Waals surface area (Å²) in [5.74, 6) is -10.2. The fourth-order valence-electron chi connectivity index (χ4n) is 2.18. The topological polar surface area (TPSA) is 27.7 Å². The van der Waals surface area contributed by atoms with E-state index in [4.69, 9.17) is 13.3 Å². The molecule has 0 aromatic heterocycles. The molecule has 9 heteroatoms. The van der Waals surface area contributed by atoms with Crippen molar-refractivity contribution in [2.45, 2.75) is 19.4 Å². The fraction of sp³-hybridized carbons (Fsp3) is 0.538. The first-order valence-corrected chi connectivity index (χ1v) is 8.31. The third-order valence-electron chi connectivity index (χ3n) is 3.38. The zero-order valence-corrected chi connectivity index (χ0v) is 13.6. The fourth-order valence-corrected chi connectivity index (χ4v) is 4.17. The molecule has 3 nitrogen and oxygen atoms in total. The smallest absolute Gasteiger partial charge is 0.377 e. The largest absolute Gasteiger partial charge is 0.500 e. The lowest BCUT2D eigenvalue weighted by molar-refractivity contribution is 0.118. The molecular formula is C13H17F5O3Si. The van der Waals surface area contributed by atoms with Gasteiger partial charge in [-0.25, -0.2) is 22.0 Å². The first-order chi connectivity index (χ1) is 10.2. The van der Waals surface area contributed by atoms with Gasteiger partial charge in [-0.05, 0) is 12.3 Å². The molecule has 1 aromatic carbocycles. The summed E-state index contributed by atoms with van der Waals surface area (Å²) < 4.78 is 82.1. The van der Waals surface area contributed by atoms with Gasteiger partial charge in [0, 0.05) is 32.9 Å². The Morgan fingerprint density at radius 3 is 1.50 bits per heavy atom. The van der Waals surface area contributed by atoms with Crippen LogP contribution in [0.3, 0.4) is 0 Å². The zero-order chi connectivity index (χ0) is 17.1. The van der Waals surface area contributed by atoms with Gasteiger partial charge < -0.3 is 13.3 Å². The van der Waals surface area contributed by atoms with E-state index in [0.29, 0.717) is 0 Å². The van der Waals surface area contributed by atoms with Gasteiger partial charge in [-0.1, -0.05) is 6.92 Å². The van der Waals surface area contributed by atoms with Crippen LogP contribution in [0, 0.1) is 35.0 Å². The Morgan fingerprint density at radius 1 is 0.773 bits per heavy atom. The summed E-state index contributed by atoms with van der Waals surface area (Å²) in [5, 5.41) is 0. The number of rotatable bonds is 7. The molecule has 0 saturated carbocycles. The van der Waals surface area contributed by atoms with Gasteiger partial charge in [-0.15, -0.1) is 0 Å². The summed E-state index contributed by atoms with van der Waals surface area (Å²) in [4.78, 5) is 0. The van der Waals surface area contributed by atoms with Crippen LogP contribution in [0.25, 0.3) is 0 Å². The molecule has 0 fully saturated rings. The second-order valence-corrected chi connectivity index (χ2v) is 7.86. The zero-order valence-electron chi connectivity index (χ0n) is 12.6. The van der Waals surface area contributed by atoms with Crippen LogP contribution in [0.4, 0.5) is 22.0 Å². The average Bonchev–Trinajstić information content (AvgIpc) is 2.53. The van der Waals surface area contributed by atoms with E-state index in [-0.39, 0.29) is 12.5 Å². The Kier molecular flexibility index (Phi) is 6.47. The molecule has 0 aliphatic heterocycles. The highest BCUT2D eigenvalue weighted by molar-refractivity contribution is 6.60. The molecule has 0 aliphatic rings. The normalized spacial score (nSPS) is 13.5. The first kappa shape index (κ1) is 19.0. The number of hydrogen-bond donors (Lipinski definition) is 0. The second-order valence-electron chi connectivity index (χ2n) is 4.86. The summed E-state index contributed by atoms with van der Waals surface area (Å²) in [6, 6.07) is 0.163. The van der Waals surface area contributed by atoms with Gasteiger partial charge >= 0.3 is 8.80 Å². The maximum atomic E-state index is 13.6. The van der Waals surface area contributed by atoms with E-state index < -0.39 is 49.4 Å². The summed E-state index contributed by atoms with van der Waals surface area (Å²) in [6.45, 7) is 1.58. The van der Waals surface area contributed by atoms with Gasteiger partial charge in [-0.3, -0.25) is 0 Å². The van der Waals surface area contributed by atoms with Gasteiger partial charge in [0.05, 0.1) is 0 Å². The molecule has 0 heterocycles. The number of halogens is 5. The van der Waals surface area contributed by atoms with Gasteiger partial charge in [0.1, 0.15) is 0 Å². The third kappa shape index (κ3) is 3.65. The van der Waals surface area contributed by atoms with Crippen LogP contribution < -0.4 is 0 Å². The molecule has 0 N–H and O–H groups in total. The van der Waals surface area contributed by atoms with Crippen LogP contribution in [0.2, 0.25) is 6.04 Å². The molecular weight excluding hydrogens is 327 g/mol. The van der Waals surface area contributed by atoms with Crippen LogP contribution >= 0.6 is 0 Å². The summed E-state index contributed by atoms with van der Waals surface area (Å²) >= 11 is 0. The van der Waals surface area contributed by atoms with E-state index >= 15 is 0 Å². The Morgan fingerprint density at radius 2 is 1.14 bits per heavy atom. The van der Waals surface area contributed by atoms with Crippen molar-refractivity contribution in [2.24, 2.45) is 5.92 Å². The lowest BCUT2D eigenvalue weighted by atomic mass is 10.0. The molecule has 1 rings (SSSR count). The maximum Gasteiger partial charge on any atom is 0.500 e. The van der Waals surface area contributed by atoms with Crippen molar-refractivity contribution in [1.29, 1.82) is 0 Å². The van der Waals surface area contributed by atoms with Crippen molar-refractivity contribution in [2.75, 3.05) is 21.3 Å². The van der Waals surface area contributed by atoms with Gasteiger partial charge in [-0.2, -0.15) is 0 Å². The van der Waals surface area contributed by atoms with Crippen molar-refractivity contribution < 1.29 is 35.2 Å². The second kappa shape index (κ2) is 7.49. The van der Waals surface area contributed by atoms with E-state index in [0.717, 1.165) is 0 Å². The van der Waals surface area contributed by atoms with Crippen molar-refractivity contribution >= 4 is 8.80 Å². The van der Waals surface area contributed by atoms with Crippen LogP contribution in [-0.2, 0) is 19.7 Å². The molecule has 0 amide bonds. The van der Waals surface area contributed by atoms with Crippen molar-refractivity contribution in [1.82, 2.24) is 0 Å². The van der Waals surface area contributed by atoms with Crippen LogP contribution in [0.1, 0.15) is 12.5 Å². The van der Waals surface area contributed by atoms with E-state index in [1.54, 1.807) is 6.92 Å². The summed E-state index contributed by atoms with van der Waals surface area (Å²) in [7, 11) is 1.08. The predicted molar refractivity (Wildman–Crippen MR) is 70.7 cm³/mol. The van der Waals surface area contributed by atoms with E-state index in [2.05, 4.69) is 0 Å². The minimum Gasteiger partial charge on any atom is -0.377 e. The number of benzene rings is 1. The monoisotopic (exact) mass is 344 g/mol. The molecule has 0 radical (unpaired) electrons. The SMILES string of the molecule is CO[Si](CC(C)Cc1c(F)c(F)c(F)c(F)c1F)(OC)OC. The Balaban J connectivity index is 3.05. The first-order valence-electron chi connectivity index (χ1n) is 6.38.